The van der Waals surface area contributed by atoms with E-state index in [1.54, 1.807) is 30.3 Å². The Morgan fingerprint density at radius 3 is 2.54 bits per heavy atom. The summed E-state index contributed by atoms with van der Waals surface area (Å²) in [5.74, 6) is -1.26. The van der Waals surface area contributed by atoms with Crippen molar-refractivity contribution in [3.05, 3.63) is 63.1 Å². The van der Waals surface area contributed by atoms with Gasteiger partial charge in [-0.25, -0.2) is 4.79 Å². The minimum atomic E-state index is -0.767. The zero-order valence-electron chi connectivity index (χ0n) is 13.4. The Bertz CT molecular complexity index is 865. The molecule has 26 heavy (non-hydrogen) atoms. The van der Waals surface area contributed by atoms with Crippen LogP contribution in [-0.2, 0) is 9.53 Å². The van der Waals surface area contributed by atoms with E-state index in [1.165, 1.54) is 17.0 Å². The van der Waals surface area contributed by atoms with Crippen molar-refractivity contribution in [2.24, 2.45) is 0 Å². The number of carbonyl (C=O) groups excluding carboxylic acids is 2. The van der Waals surface area contributed by atoms with Gasteiger partial charge in [0, 0.05) is 17.3 Å². The molecule has 2 rings (SSSR count). The van der Waals surface area contributed by atoms with Crippen molar-refractivity contribution in [2.75, 3.05) is 18.1 Å². The molecule has 0 saturated carbocycles. The molecule has 0 bridgehead atoms. The van der Waals surface area contributed by atoms with Crippen LogP contribution in [-0.4, -0.2) is 25.0 Å². The normalized spacial score (nSPS) is 10.1. The third-order valence-corrected chi connectivity index (χ3v) is 4.42. The molecule has 0 N–H and O–H groups in total. The maximum atomic E-state index is 12.5. The van der Waals surface area contributed by atoms with Crippen molar-refractivity contribution in [1.82, 2.24) is 0 Å². The third kappa shape index (κ3) is 5.12. The highest BCUT2D eigenvalue weighted by atomic mass is 35.5. The van der Waals surface area contributed by atoms with Crippen molar-refractivity contribution in [3.63, 3.8) is 0 Å². The van der Waals surface area contributed by atoms with Crippen LogP contribution in [0.4, 0.5) is 5.69 Å². The number of esters is 1. The minimum Gasteiger partial charge on any atom is -0.452 e. The fraction of sp³-hybridized carbons (Fsp3) is 0.167. The van der Waals surface area contributed by atoms with E-state index in [9.17, 15) is 9.59 Å². The van der Waals surface area contributed by atoms with Crippen LogP contribution in [0.3, 0.4) is 0 Å². The van der Waals surface area contributed by atoms with Gasteiger partial charge in [0.2, 0.25) is 0 Å². The number of ether oxygens (including phenoxy) is 1. The van der Waals surface area contributed by atoms with E-state index in [0.29, 0.717) is 10.7 Å². The summed E-state index contributed by atoms with van der Waals surface area (Å²) in [7, 11) is 0. The molecule has 0 heterocycles. The largest absolute Gasteiger partial charge is 0.452 e. The van der Waals surface area contributed by atoms with Gasteiger partial charge in [-0.1, -0.05) is 46.9 Å². The molecule has 0 fully saturated rings. The third-order valence-electron chi connectivity index (χ3n) is 3.37. The number of nitriles is 1. The van der Waals surface area contributed by atoms with Crippen molar-refractivity contribution in [3.8, 4) is 6.07 Å². The van der Waals surface area contributed by atoms with Gasteiger partial charge in [-0.2, -0.15) is 5.26 Å². The number of hydrogen-bond donors (Lipinski definition) is 0. The first-order valence-electron chi connectivity index (χ1n) is 7.48. The average molecular weight is 412 g/mol. The Morgan fingerprint density at radius 2 is 1.85 bits per heavy atom. The smallest absolute Gasteiger partial charge is 0.340 e. The molecule has 1 amide bonds. The lowest BCUT2D eigenvalue weighted by Gasteiger charge is -2.22. The molecule has 0 saturated heterocycles. The lowest BCUT2D eigenvalue weighted by molar-refractivity contribution is -0.121. The molecule has 5 nitrogen and oxygen atoms in total. The molecule has 134 valence electrons. The van der Waals surface area contributed by atoms with Crippen molar-refractivity contribution in [2.45, 2.75) is 6.42 Å². The second-order valence-electron chi connectivity index (χ2n) is 5.11. The van der Waals surface area contributed by atoms with Gasteiger partial charge in [0.1, 0.15) is 0 Å². The molecule has 0 aromatic heterocycles. The van der Waals surface area contributed by atoms with Gasteiger partial charge in [0.15, 0.2) is 6.61 Å². The molecule has 2 aromatic carbocycles. The van der Waals surface area contributed by atoms with E-state index >= 15 is 0 Å². The van der Waals surface area contributed by atoms with Gasteiger partial charge in [-0.05, 0) is 30.3 Å². The maximum Gasteiger partial charge on any atom is 0.340 e. The summed E-state index contributed by atoms with van der Waals surface area (Å²) in [5, 5.41) is 9.51. The van der Waals surface area contributed by atoms with Gasteiger partial charge >= 0.3 is 5.97 Å². The lowest BCUT2D eigenvalue weighted by atomic mass is 10.2. The maximum absolute atomic E-state index is 12.5. The van der Waals surface area contributed by atoms with Crippen LogP contribution in [0.5, 0.6) is 0 Å². The highest BCUT2D eigenvalue weighted by Gasteiger charge is 2.20. The molecule has 0 spiro atoms. The average Bonchev–Trinajstić information content (AvgIpc) is 2.62. The molecule has 0 aliphatic carbocycles. The van der Waals surface area contributed by atoms with Gasteiger partial charge in [-0.15, -0.1) is 0 Å². The Hall–Kier alpha value is -2.26. The van der Waals surface area contributed by atoms with E-state index in [-0.39, 0.29) is 28.6 Å². The van der Waals surface area contributed by atoms with E-state index in [4.69, 9.17) is 44.8 Å². The molecule has 0 aliphatic rings. The zero-order chi connectivity index (χ0) is 19.1. The number of nitrogens with zero attached hydrogens (tertiary/aromatic N) is 2. The monoisotopic (exact) mass is 410 g/mol. The molecule has 8 heteroatoms. The summed E-state index contributed by atoms with van der Waals surface area (Å²) in [5.41, 5.74) is 0.577. The number of halogens is 3. The molecule has 2 aromatic rings. The number of anilines is 1. The first kappa shape index (κ1) is 20.1. The minimum absolute atomic E-state index is 0.0581. The number of rotatable bonds is 6. The lowest BCUT2D eigenvalue weighted by Crippen LogP contribution is -2.35. The van der Waals surface area contributed by atoms with Crippen molar-refractivity contribution in [1.29, 1.82) is 5.26 Å². The SMILES string of the molecule is N#CCCN(C(=O)COC(=O)c1cccc(Cl)c1Cl)c1cccc(Cl)c1. The van der Waals surface area contributed by atoms with Crippen LogP contribution in [0.25, 0.3) is 0 Å². The molecule has 0 radical (unpaired) electrons. The van der Waals surface area contributed by atoms with Gasteiger partial charge in [0.25, 0.3) is 5.91 Å². The molecule has 0 atom stereocenters. The van der Waals surface area contributed by atoms with Crippen molar-refractivity contribution >= 4 is 52.4 Å². The summed E-state index contributed by atoms with van der Waals surface area (Å²) >= 11 is 17.8. The second kappa shape index (κ2) is 9.44. The zero-order valence-corrected chi connectivity index (χ0v) is 15.7. The van der Waals surface area contributed by atoms with E-state index < -0.39 is 18.5 Å². The number of hydrogen-bond acceptors (Lipinski definition) is 4. The van der Waals surface area contributed by atoms with Crippen LogP contribution in [0.1, 0.15) is 16.8 Å². The van der Waals surface area contributed by atoms with Crippen molar-refractivity contribution < 1.29 is 14.3 Å². The predicted molar refractivity (Wildman–Crippen MR) is 101 cm³/mol. The first-order chi connectivity index (χ1) is 12.4. The number of carbonyl (C=O) groups is 2. The van der Waals surface area contributed by atoms with Gasteiger partial charge in [0.05, 0.1) is 28.1 Å². The number of amides is 1. The van der Waals surface area contributed by atoms with Crippen LogP contribution in [0.2, 0.25) is 15.1 Å². The second-order valence-corrected chi connectivity index (χ2v) is 6.33. The highest BCUT2D eigenvalue weighted by Crippen LogP contribution is 2.26. The molecular weight excluding hydrogens is 399 g/mol. The summed E-state index contributed by atoms with van der Waals surface area (Å²) in [6, 6.07) is 13.1. The Balaban J connectivity index is 2.10. The molecular formula is C18H13Cl3N2O3. The van der Waals surface area contributed by atoms with E-state index in [1.807, 2.05) is 6.07 Å². The molecule has 0 aliphatic heterocycles. The summed E-state index contributed by atoms with van der Waals surface area (Å²) in [4.78, 5) is 26.0. The summed E-state index contributed by atoms with van der Waals surface area (Å²) in [6.07, 6.45) is 0.117. The topological polar surface area (TPSA) is 70.4 Å². The van der Waals surface area contributed by atoms with Gasteiger partial charge in [-0.3, -0.25) is 4.79 Å². The quantitative estimate of drug-likeness (QED) is 0.643. The van der Waals surface area contributed by atoms with E-state index in [2.05, 4.69) is 0 Å². The Labute approximate surface area is 165 Å². The fourth-order valence-corrected chi connectivity index (χ4v) is 2.71. The van der Waals surface area contributed by atoms with E-state index in [0.717, 1.165) is 0 Å². The van der Waals surface area contributed by atoms with Crippen LogP contribution in [0, 0.1) is 11.3 Å². The standard InChI is InChI=1S/C18H13Cl3N2O3/c19-12-4-1-5-13(10-12)23(9-3-8-22)16(24)11-26-18(25)14-6-2-7-15(20)17(14)21/h1-2,4-7,10H,3,9,11H2. The van der Waals surface area contributed by atoms with Crippen LogP contribution >= 0.6 is 34.8 Å². The Kier molecular flexibility index (Phi) is 7.28. The Morgan fingerprint density at radius 1 is 1.12 bits per heavy atom. The number of benzene rings is 2. The van der Waals surface area contributed by atoms with Crippen LogP contribution < -0.4 is 4.90 Å². The summed E-state index contributed by atoms with van der Waals surface area (Å²) in [6.45, 7) is -0.370. The molecule has 0 unspecified atom stereocenters. The predicted octanol–water partition coefficient (Wildman–Crippen LogP) is 4.75. The highest BCUT2D eigenvalue weighted by molar-refractivity contribution is 6.43. The first-order valence-corrected chi connectivity index (χ1v) is 8.61. The summed E-state index contributed by atoms with van der Waals surface area (Å²) < 4.78 is 5.05. The van der Waals surface area contributed by atoms with Crippen LogP contribution in [0.15, 0.2) is 42.5 Å². The van der Waals surface area contributed by atoms with Gasteiger partial charge < -0.3 is 9.64 Å². The fourth-order valence-electron chi connectivity index (χ4n) is 2.15.